The minimum atomic E-state index is 0.262. The van der Waals surface area contributed by atoms with Crippen LogP contribution in [0.4, 0.5) is 7.77 Å². The predicted octanol–water partition coefficient (Wildman–Crippen LogP) is 6.07. The van der Waals surface area contributed by atoms with Gasteiger partial charge in [-0.2, -0.15) is 19.5 Å². The molecule has 0 saturated heterocycles. The van der Waals surface area contributed by atoms with Crippen LogP contribution in [0.3, 0.4) is 0 Å². The van der Waals surface area contributed by atoms with Gasteiger partial charge in [-0.3, -0.25) is 0 Å². The zero-order chi connectivity index (χ0) is 13.5. The quantitative estimate of drug-likeness (QED) is 0.635. The molecule has 0 fully saturated rings. The zero-order valence-corrected chi connectivity index (χ0v) is 12.5. The monoisotopic (exact) mass is 314 g/mol. The highest BCUT2D eigenvalue weighted by Crippen LogP contribution is 2.24. The smallest absolute Gasteiger partial charge is 0.0812 e. The van der Waals surface area contributed by atoms with Gasteiger partial charge in [0, 0.05) is 21.3 Å². The fourth-order valence-electron chi connectivity index (χ4n) is 1.56. The van der Waals surface area contributed by atoms with Gasteiger partial charge in [0.25, 0.3) is 0 Å². The summed E-state index contributed by atoms with van der Waals surface area (Å²) in [6, 6.07) is 14.9. The van der Waals surface area contributed by atoms with Crippen molar-refractivity contribution in [3.05, 3.63) is 59.7 Å². The second kappa shape index (κ2) is 7.82. The lowest BCUT2D eigenvalue weighted by molar-refractivity contribution is 0.933. The van der Waals surface area contributed by atoms with Crippen molar-refractivity contribution in [1.82, 2.24) is 0 Å². The molecule has 0 heterocycles. The lowest BCUT2D eigenvalue weighted by Gasteiger charge is -2.03. The van der Waals surface area contributed by atoms with E-state index in [9.17, 15) is 7.77 Å². The van der Waals surface area contributed by atoms with Gasteiger partial charge in [0.2, 0.25) is 0 Å². The van der Waals surface area contributed by atoms with Crippen molar-refractivity contribution in [2.24, 2.45) is 0 Å². The molecule has 0 radical (unpaired) electrons. The maximum absolute atomic E-state index is 12.3. The molecule has 0 saturated carbocycles. The van der Waals surface area contributed by atoms with Gasteiger partial charge in [-0.1, -0.05) is 24.3 Å². The number of hydrogen-bond donors (Lipinski definition) is 0. The summed E-state index contributed by atoms with van der Waals surface area (Å²) in [5, 5.41) is 0. The first-order valence-electron chi connectivity index (χ1n) is 5.64. The van der Waals surface area contributed by atoms with E-state index in [1.807, 2.05) is 24.3 Å². The summed E-state index contributed by atoms with van der Waals surface area (Å²) in [5.74, 6) is 1.77. The summed E-state index contributed by atoms with van der Waals surface area (Å²) >= 11 is 2.31. The molecular weight excluding hydrogens is 302 g/mol. The van der Waals surface area contributed by atoms with E-state index < -0.39 is 0 Å². The van der Waals surface area contributed by atoms with Crippen molar-refractivity contribution in [3.63, 3.8) is 0 Å². The lowest BCUT2D eigenvalue weighted by Crippen LogP contribution is -1.83. The van der Waals surface area contributed by atoms with Crippen LogP contribution in [0.15, 0.2) is 58.3 Å². The molecule has 19 heavy (non-hydrogen) atoms. The fraction of sp³-hybridized carbons (Fsp3) is 0.143. The first-order chi connectivity index (χ1) is 9.31. The SMILES string of the molecule is FSc1ccc(CSCc2ccc(SF)cc2)cc1. The zero-order valence-electron chi connectivity index (χ0n) is 10.0. The number of halogens is 2. The van der Waals surface area contributed by atoms with E-state index in [2.05, 4.69) is 0 Å². The van der Waals surface area contributed by atoms with Gasteiger partial charge in [-0.15, -0.1) is 0 Å². The van der Waals surface area contributed by atoms with Crippen LogP contribution in [0.2, 0.25) is 0 Å². The average Bonchev–Trinajstić information content (AvgIpc) is 2.49. The number of rotatable bonds is 6. The van der Waals surface area contributed by atoms with E-state index in [0.717, 1.165) is 11.5 Å². The molecule has 0 unspecified atom stereocenters. The van der Waals surface area contributed by atoms with Gasteiger partial charge in [0.1, 0.15) is 0 Å². The first-order valence-corrected chi connectivity index (χ1v) is 8.23. The van der Waals surface area contributed by atoms with E-state index >= 15 is 0 Å². The Morgan fingerprint density at radius 3 is 1.32 bits per heavy atom. The van der Waals surface area contributed by atoms with E-state index in [-0.39, 0.29) is 24.3 Å². The Balaban J connectivity index is 1.81. The summed E-state index contributed by atoms with van der Waals surface area (Å²) in [7, 11) is 0. The fourth-order valence-corrected chi connectivity index (χ4v) is 3.00. The number of thioether (sulfide) groups is 1. The summed E-state index contributed by atoms with van der Waals surface area (Å²) in [5.41, 5.74) is 2.36. The second-order valence-electron chi connectivity index (χ2n) is 3.94. The largest absolute Gasteiger partial charge is 0.160 e. The van der Waals surface area contributed by atoms with Crippen molar-refractivity contribution in [1.29, 1.82) is 0 Å². The van der Waals surface area contributed by atoms with Crippen LogP contribution >= 0.6 is 36.1 Å². The summed E-state index contributed by atoms with van der Waals surface area (Å²) in [4.78, 5) is 1.26. The minimum Gasteiger partial charge on any atom is -0.160 e. The Kier molecular flexibility index (Phi) is 6.07. The molecule has 0 aliphatic heterocycles. The van der Waals surface area contributed by atoms with Gasteiger partial charge < -0.3 is 0 Å². The normalized spacial score (nSPS) is 10.6. The van der Waals surface area contributed by atoms with Crippen LogP contribution < -0.4 is 0 Å². The molecule has 0 bridgehead atoms. The van der Waals surface area contributed by atoms with E-state index in [4.69, 9.17) is 0 Å². The Bertz CT molecular complexity index is 450. The molecule has 0 nitrogen and oxygen atoms in total. The Hall–Kier alpha value is -0.650. The predicted molar refractivity (Wildman–Crippen MR) is 81.8 cm³/mol. The first kappa shape index (κ1) is 14.8. The second-order valence-corrected chi connectivity index (χ2v) is 6.17. The van der Waals surface area contributed by atoms with Crippen LogP contribution in [-0.4, -0.2) is 0 Å². The number of hydrogen-bond acceptors (Lipinski definition) is 3. The highest BCUT2D eigenvalue weighted by molar-refractivity contribution is 7.97. The number of benzene rings is 2. The van der Waals surface area contributed by atoms with Crippen LogP contribution in [0, 0.1) is 0 Å². The summed E-state index contributed by atoms with van der Waals surface area (Å²) in [6.45, 7) is 0. The topological polar surface area (TPSA) is 0 Å². The van der Waals surface area contributed by atoms with Crippen LogP contribution in [0.5, 0.6) is 0 Å². The van der Waals surface area contributed by atoms with Crippen molar-refractivity contribution < 1.29 is 7.77 Å². The van der Waals surface area contributed by atoms with Crippen molar-refractivity contribution >= 4 is 36.1 Å². The van der Waals surface area contributed by atoms with Gasteiger partial charge in [0.05, 0.1) is 24.3 Å². The molecule has 0 aliphatic rings. The Morgan fingerprint density at radius 1 is 0.632 bits per heavy atom. The van der Waals surface area contributed by atoms with Crippen LogP contribution in [-0.2, 0) is 11.5 Å². The molecule has 0 atom stereocenters. The minimum absolute atomic E-state index is 0.262. The molecule has 0 aromatic heterocycles. The molecule has 2 aromatic carbocycles. The highest BCUT2D eigenvalue weighted by Gasteiger charge is 1.98. The molecule has 5 heteroatoms. The molecule has 2 aromatic rings. The van der Waals surface area contributed by atoms with Crippen molar-refractivity contribution in [2.45, 2.75) is 21.3 Å². The van der Waals surface area contributed by atoms with Crippen molar-refractivity contribution in [2.75, 3.05) is 0 Å². The Morgan fingerprint density at radius 2 is 1.00 bits per heavy atom. The molecule has 0 amide bonds. The molecule has 0 aliphatic carbocycles. The standard InChI is InChI=1S/C14H12F2S3/c15-18-13-5-1-11(2-6-13)9-17-10-12-3-7-14(19-16)8-4-12/h1-8H,9-10H2. The van der Waals surface area contributed by atoms with Gasteiger partial charge in [0.15, 0.2) is 0 Å². The lowest BCUT2D eigenvalue weighted by atomic mass is 10.2. The van der Waals surface area contributed by atoms with E-state index in [0.29, 0.717) is 9.79 Å². The maximum Gasteiger partial charge on any atom is 0.0812 e. The molecule has 2 rings (SSSR count). The molecular formula is C14H12F2S3. The van der Waals surface area contributed by atoms with Gasteiger partial charge in [-0.25, -0.2) is 0 Å². The third kappa shape index (κ3) is 4.75. The maximum atomic E-state index is 12.3. The Labute approximate surface area is 125 Å². The molecule has 100 valence electrons. The average molecular weight is 314 g/mol. The van der Waals surface area contributed by atoms with Crippen LogP contribution in [0.25, 0.3) is 0 Å². The van der Waals surface area contributed by atoms with E-state index in [1.165, 1.54) is 11.1 Å². The third-order valence-electron chi connectivity index (χ3n) is 2.56. The highest BCUT2D eigenvalue weighted by atomic mass is 32.2. The van der Waals surface area contributed by atoms with Gasteiger partial charge >= 0.3 is 0 Å². The third-order valence-corrected chi connectivity index (χ3v) is 4.54. The summed E-state index contributed by atoms with van der Waals surface area (Å²) in [6.07, 6.45) is 0. The molecule has 0 spiro atoms. The van der Waals surface area contributed by atoms with Crippen molar-refractivity contribution in [3.8, 4) is 0 Å². The van der Waals surface area contributed by atoms with E-state index in [1.54, 1.807) is 36.0 Å². The summed E-state index contributed by atoms with van der Waals surface area (Å²) < 4.78 is 24.6. The van der Waals surface area contributed by atoms with Gasteiger partial charge in [-0.05, 0) is 35.4 Å². The molecule has 0 N–H and O–H groups in total. The van der Waals surface area contributed by atoms with Crippen LogP contribution in [0.1, 0.15) is 11.1 Å².